The van der Waals surface area contributed by atoms with Gasteiger partial charge in [0.25, 0.3) is 0 Å². The lowest BCUT2D eigenvalue weighted by molar-refractivity contribution is 0.253. The Balaban J connectivity index is 0.000000652. The van der Waals surface area contributed by atoms with Gasteiger partial charge in [0.15, 0.2) is 0 Å². The third-order valence-electron chi connectivity index (χ3n) is 5.31. The van der Waals surface area contributed by atoms with Crippen LogP contribution in [0.2, 0.25) is 0 Å². The molecule has 2 aliphatic carbocycles. The van der Waals surface area contributed by atoms with Gasteiger partial charge in [-0.25, -0.2) is 9.07 Å². The zero-order chi connectivity index (χ0) is 16.2. The third kappa shape index (κ3) is 1.88. The van der Waals surface area contributed by atoms with Gasteiger partial charge >= 0.3 is 0 Å². The summed E-state index contributed by atoms with van der Waals surface area (Å²) < 4.78 is 21.0. The van der Waals surface area contributed by atoms with Gasteiger partial charge in [0.2, 0.25) is 0 Å². The Morgan fingerprint density at radius 3 is 2.65 bits per heavy atom. The Hall–Kier alpha value is -1.94. The highest BCUT2D eigenvalue weighted by molar-refractivity contribution is 5.66. The molecule has 1 saturated heterocycles. The summed E-state index contributed by atoms with van der Waals surface area (Å²) in [5.74, 6) is -0.227. The van der Waals surface area contributed by atoms with Gasteiger partial charge < -0.3 is 4.74 Å². The van der Waals surface area contributed by atoms with Crippen molar-refractivity contribution in [3.05, 3.63) is 53.1 Å². The summed E-state index contributed by atoms with van der Waals surface area (Å²) in [6.45, 7) is 6.21. The first-order chi connectivity index (χ1) is 11.1. The summed E-state index contributed by atoms with van der Waals surface area (Å²) in [6.07, 6.45) is 7.26. The van der Waals surface area contributed by atoms with Crippen molar-refractivity contribution in [1.82, 2.24) is 9.78 Å². The fraction of sp³-hybridized carbons (Fsp3) is 0.421. The molecule has 1 saturated carbocycles. The molecular formula is C19H21FN2O. The zero-order valence-corrected chi connectivity index (χ0v) is 13.8. The number of aromatic nitrogens is 2. The summed E-state index contributed by atoms with van der Waals surface area (Å²) in [4.78, 5) is 0. The van der Waals surface area contributed by atoms with Gasteiger partial charge in [0.1, 0.15) is 17.0 Å². The highest BCUT2D eigenvalue weighted by Crippen LogP contribution is 2.65. The summed E-state index contributed by atoms with van der Waals surface area (Å²) in [5.41, 5.74) is 4.59. The summed E-state index contributed by atoms with van der Waals surface area (Å²) >= 11 is 0. The minimum Gasteiger partial charge on any atom is -0.358 e. The second kappa shape index (κ2) is 4.78. The van der Waals surface area contributed by atoms with Gasteiger partial charge in [-0.3, -0.25) is 0 Å². The van der Waals surface area contributed by atoms with Gasteiger partial charge in [0.05, 0.1) is 17.6 Å². The average Bonchev–Trinajstić information content (AvgIpc) is 2.84. The average molecular weight is 312 g/mol. The van der Waals surface area contributed by atoms with E-state index < -0.39 is 0 Å². The number of nitrogens with zero attached hydrogens (tertiary/aromatic N) is 2. The lowest BCUT2D eigenvalue weighted by atomic mass is 9.84. The summed E-state index contributed by atoms with van der Waals surface area (Å²) in [6, 6.07) is 6.46. The molecule has 5 rings (SSSR count). The normalized spacial score (nSPS) is 29.7. The van der Waals surface area contributed by atoms with E-state index in [-0.39, 0.29) is 17.0 Å². The van der Waals surface area contributed by atoms with E-state index in [0.717, 1.165) is 30.6 Å². The Morgan fingerprint density at radius 2 is 1.96 bits per heavy atom. The number of fused-ring (bicyclic) bond motifs is 1. The summed E-state index contributed by atoms with van der Waals surface area (Å²) in [5, 5.41) is 4.49. The van der Waals surface area contributed by atoms with Crippen LogP contribution in [-0.2, 0) is 11.2 Å². The molecule has 23 heavy (non-hydrogen) atoms. The van der Waals surface area contributed by atoms with E-state index in [1.54, 1.807) is 12.1 Å². The van der Waals surface area contributed by atoms with E-state index >= 15 is 0 Å². The predicted octanol–water partition coefficient (Wildman–Crippen LogP) is 4.30. The Kier molecular flexibility index (Phi) is 3.04. The van der Waals surface area contributed by atoms with Crippen LogP contribution < -0.4 is 0 Å². The van der Waals surface area contributed by atoms with Crippen molar-refractivity contribution < 1.29 is 9.13 Å². The first-order valence-electron chi connectivity index (χ1n) is 8.35. The quantitative estimate of drug-likeness (QED) is 0.735. The molecule has 4 heteroatoms. The number of benzene rings is 1. The number of rotatable bonds is 1. The molecule has 1 aromatic carbocycles. The second-order valence-electron chi connectivity index (χ2n) is 6.45. The van der Waals surface area contributed by atoms with Gasteiger partial charge in [-0.2, -0.15) is 5.10 Å². The molecule has 2 aromatic rings. The maximum Gasteiger partial charge on any atom is 0.123 e. The summed E-state index contributed by atoms with van der Waals surface area (Å²) in [7, 11) is 0. The number of halogens is 1. The van der Waals surface area contributed by atoms with E-state index in [1.807, 2.05) is 24.7 Å². The fourth-order valence-electron chi connectivity index (χ4n) is 4.02. The molecule has 120 valence electrons. The van der Waals surface area contributed by atoms with Crippen molar-refractivity contribution >= 4 is 6.08 Å². The van der Waals surface area contributed by atoms with Crippen molar-refractivity contribution in [3.8, 4) is 5.69 Å². The van der Waals surface area contributed by atoms with Crippen LogP contribution in [0, 0.1) is 5.82 Å². The minimum absolute atomic E-state index is 0.0362. The number of epoxide rings is 1. The molecule has 3 aliphatic rings. The minimum atomic E-state index is -0.227. The molecular weight excluding hydrogens is 291 g/mol. The first-order valence-corrected chi connectivity index (χ1v) is 8.35. The monoisotopic (exact) mass is 312 g/mol. The van der Waals surface area contributed by atoms with E-state index in [2.05, 4.69) is 18.1 Å². The van der Waals surface area contributed by atoms with E-state index in [9.17, 15) is 4.39 Å². The predicted molar refractivity (Wildman–Crippen MR) is 88.0 cm³/mol. The first kappa shape index (κ1) is 14.6. The third-order valence-corrected chi connectivity index (χ3v) is 5.31. The van der Waals surface area contributed by atoms with Crippen molar-refractivity contribution in [3.63, 3.8) is 0 Å². The van der Waals surface area contributed by atoms with Crippen LogP contribution in [0.3, 0.4) is 0 Å². The maximum absolute atomic E-state index is 13.1. The molecule has 2 heterocycles. The standard InChI is InChI=1S/C17H15FN2O.C2H6/c1-16-7-6-12-8-15-11(9-17(12,16)21-16)10-19-20(15)14-4-2-13(18)3-5-14;1-2/h2-5,8,10H,6-7,9H2,1H3;1-2H3/t16-,17?;/m0./s1. The molecule has 2 atom stereocenters. The van der Waals surface area contributed by atoms with E-state index in [4.69, 9.17) is 4.74 Å². The molecule has 0 radical (unpaired) electrons. The molecule has 1 aromatic heterocycles. The van der Waals surface area contributed by atoms with Crippen molar-refractivity contribution in [2.75, 3.05) is 0 Å². The molecule has 2 fully saturated rings. The Morgan fingerprint density at radius 1 is 1.22 bits per heavy atom. The van der Waals surface area contributed by atoms with Crippen LogP contribution in [0.4, 0.5) is 4.39 Å². The van der Waals surface area contributed by atoms with Crippen LogP contribution in [0.5, 0.6) is 0 Å². The van der Waals surface area contributed by atoms with Crippen molar-refractivity contribution in [2.24, 2.45) is 0 Å². The highest BCUT2D eigenvalue weighted by atomic mass is 19.1. The zero-order valence-electron chi connectivity index (χ0n) is 13.8. The Labute approximate surface area is 135 Å². The lowest BCUT2D eigenvalue weighted by Crippen LogP contribution is -2.24. The van der Waals surface area contributed by atoms with Gasteiger partial charge in [0, 0.05) is 12.0 Å². The molecule has 1 aliphatic heterocycles. The molecule has 0 bridgehead atoms. The second-order valence-corrected chi connectivity index (χ2v) is 6.45. The van der Waals surface area contributed by atoms with Crippen LogP contribution in [-0.4, -0.2) is 21.0 Å². The van der Waals surface area contributed by atoms with Gasteiger partial charge in [-0.15, -0.1) is 0 Å². The lowest BCUT2D eigenvalue weighted by Gasteiger charge is -2.19. The topological polar surface area (TPSA) is 30.4 Å². The highest BCUT2D eigenvalue weighted by Gasteiger charge is 2.72. The van der Waals surface area contributed by atoms with Crippen molar-refractivity contribution in [1.29, 1.82) is 0 Å². The Bertz CT molecular complexity index is 792. The smallest absolute Gasteiger partial charge is 0.123 e. The van der Waals surface area contributed by atoms with Gasteiger partial charge in [-0.05, 0) is 55.7 Å². The van der Waals surface area contributed by atoms with E-state index in [1.165, 1.54) is 23.3 Å². The van der Waals surface area contributed by atoms with Gasteiger partial charge in [-0.1, -0.05) is 13.8 Å². The molecule has 0 amide bonds. The molecule has 3 nitrogen and oxygen atoms in total. The molecule has 1 spiro atoms. The largest absolute Gasteiger partial charge is 0.358 e. The number of ether oxygens (including phenoxy) is 1. The van der Waals surface area contributed by atoms with E-state index in [0.29, 0.717) is 0 Å². The van der Waals surface area contributed by atoms with Crippen LogP contribution in [0.25, 0.3) is 11.8 Å². The van der Waals surface area contributed by atoms with Crippen LogP contribution in [0.1, 0.15) is 44.9 Å². The number of hydrogen-bond donors (Lipinski definition) is 0. The number of hydrogen-bond acceptors (Lipinski definition) is 2. The van der Waals surface area contributed by atoms with Crippen molar-refractivity contribution in [2.45, 2.75) is 51.2 Å². The molecule has 0 N–H and O–H groups in total. The van der Waals surface area contributed by atoms with Crippen LogP contribution in [0.15, 0.2) is 36.0 Å². The van der Waals surface area contributed by atoms with Crippen LogP contribution >= 0.6 is 0 Å². The molecule has 1 unspecified atom stereocenters. The fourth-order valence-corrected chi connectivity index (χ4v) is 4.02. The SMILES string of the molecule is CC.C[C@]12CCC3=Cc4c(cnn4-c4ccc(F)cc4)CC31O2. The maximum atomic E-state index is 13.1.